The topological polar surface area (TPSA) is 110 Å². The first-order valence-corrected chi connectivity index (χ1v) is 9.63. The Bertz CT molecular complexity index is 1140. The predicted molar refractivity (Wildman–Crippen MR) is 109 cm³/mol. The molecular weight excluding hydrogens is 374 g/mol. The van der Waals surface area contributed by atoms with Gasteiger partial charge in [0.15, 0.2) is 0 Å². The number of fused-ring (bicyclic) bond motifs is 2. The number of aryl methyl sites for hydroxylation is 2. The monoisotopic (exact) mass is 399 g/mol. The summed E-state index contributed by atoms with van der Waals surface area (Å²) < 4.78 is 10.9. The normalized spacial score (nSPS) is 12.6. The molecule has 2 heterocycles. The van der Waals surface area contributed by atoms with E-state index < -0.39 is 23.5 Å². The molecular formula is C22H25NO6. The van der Waals surface area contributed by atoms with Gasteiger partial charge in [-0.15, -0.1) is 0 Å². The van der Waals surface area contributed by atoms with Gasteiger partial charge in [-0.2, -0.15) is 0 Å². The summed E-state index contributed by atoms with van der Waals surface area (Å²) in [6, 6.07) is 2.69. The van der Waals surface area contributed by atoms with Gasteiger partial charge in [0.05, 0.1) is 6.26 Å². The summed E-state index contributed by atoms with van der Waals surface area (Å²) in [5.41, 5.74) is 2.74. The van der Waals surface area contributed by atoms with Crippen LogP contribution in [0.4, 0.5) is 0 Å². The Hall–Kier alpha value is -3.09. The maximum absolute atomic E-state index is 12.5. The smallest absolute Gasteiger partial charge is 0.339 e. The Labute approximate surface area is 167 Å². The second-order valence-corrected chi connectivity index (χ2v) is 7.84. The molecule has 2 aromatic heterocycles. The minimum atomic E-state index is -1.06. The van der Waals surface area contributed by atoms with Crippen LogP contribution in [0.15, 0.2) is 32.0 Å². The maximum atomic E-state index is 12.5. The summed E-state index contributed by atoms with van der Waals surface area (Å²) in [5, 5.41) is 13.5. The number of rotatable bonds is 7. The molecule has 1 aromatic carbocycles. The third-order valence-electron chi connectivity index (χ3n) is 5.12. The molecule has 0 unspecified atom stereocenters. The average Bonchev–Trinajstić information content (AvgIpc) is 2.99. The molecule has 29 heavy (non-hydrogen) atoms. The first-order chi connectivity index (χ1) is 13.7. The molecule has 0 aliphatic heterocycles. The molecule has 7 nitrogen and oxygen atoms in total. The lowest BCUT2D eigenvalue weighted by Crippen LogP contribution is -2.41. The molecule has 0 fully saturated rings. The van der Waals surface area contributed by atoms with E-state index in [1.165, 1.54) is 0 Å². The van der Waals surface area contributed by atoms with Crippen molar-refractivity contribution in [3.8, 4) is 0 Å². The van der Waals surface area contributed by atoms with Crippen molar-refractivity contribution >= 4 is 33.8 Å². The van der Waals surface area contributed by atoms with Crippen LogP contribution in [-0.2, 0) is 16.0 Å². The highest BCUT2D eigenvalue weighted by molar-refractivity contribution is 5.96. The third-order valence-corrected chi connectivity index (χ3v) is 5.12. The van der Waals surface area contributed by atoms with Crippen LogP contribution >= 0.6 is 0 Å². The third kappa shape index (κ3) is 4.34. The average molecular weight is 399 g/mol. The summed E-state index contributed by atoms with van der Waals surface area (Å²) >= 11 is 0. The molecule has 154 valence electrons. The molecule has 1 amide bonds. The van der Waals surface area contributed by atoms with Crippen molar-refractivity contribution in [3.63, 3.8) is 0 Å². The summed E-state index contributed by atoms with van der Waals surface area (Å²) in [7, 11) is 0. The Morgan fingerprint density at radius 3 is 2.52 bits per heavy atom. The van der Waals surface area contributed by atoms with Crippen molar-refractivity contribution in [3.05, 3.63) is 45.5 Å². The molecule has 0 saturated carbocycles. The lowest BCUT2D eigenvalue weighted by atomic mass is 10.00. The zero-order chi connectivity index (χ0) is 21.3. The van der Waals surface area contributed by atoms with Crippen LogP contribution < -0.4 is 10.9 Å². The highest BCUT2D eigenvalue weighted by Crippen LogP contribution is 2.29. The number of furan rings is 1. The van der Waals surface area contributed by atoms with Crippen molar-refractivity contribution in [2.24, 2.45) is 5.92 Å². The molecule has 0 radical (unpaired) electrons. The van der Waals surface area contributed by atoms with Gasteiger partial charge in [-0.25, -0.2) is 9.59 Å². The number of aliphatic carboxylic acids is 1. The van der Waals surface area contributed by atoms with Gasteiger partial charge >= 0.3 is 11.6 Å². The zero-order valence-corrected chi connectivity index (χ0v) is 17.0. The van der Waals surface area contributed by atoms with E-state index in [0.29, 0.717) is 23.2 Å². The molecule has 0 saturated heterocycles. The quantitative estimate of drug-likeness (QED) is 0.586. The largest absolute Gasteiger partial charge is 0.480 e. The summed E-state index contributed by atoms with van der Waals surface area (Å²) in [6.07, 6.45) is 2.18. The van der Waals surface area contributed by atoms with E-state index in [9.17, 15) is 19.5 Å². The number of hydrogen-bond donors (Lipinski definition) is 2. The van der Waals surface area contributed by atoms with Gasteiger partial charge in [0.1, 0.15) is 17.2 Å². The number of carboxylic acids is 1. The van der Waals surface area contributed by atoms with Crippen LogP contribution in [0.2, 0.25) is 0 Å². The lowest BCUT2D eigenvalue weighted by molar-refractivity contribution is -0.142. The van der Waals surface area contributed by atoms with Crippen molar-refractivity contribution in [1.82, 2.24) is 5.32 Å². The zero-order valence-electron chi connectivity index (χ0n) is 17.0. The van der Waals surface area contributed by atoms with Gasteiger partial charge in [-0.3, -0.25) is 4.79 Å². The highest BCUT2D eigenvalue weighted by Gasteiger charge is 2.22. The first kappa shape index (κ1) is 20.6. The predicted octanol–water partition coefficient (Wildman–Crippen LogP) is 3.70. The minimum Gasteiger partial charge on any atom is -0.480 e. The molecule has 1 atom stereocenters. The van der Waals surface area contributed by atoms with E-state index >= 15 is 0 Å². The molecule has 7 heteroatoms. The van der Waals surface area contributed by atoms with Crippen molar-refractivity contribution < 1.29 is 23.5 Å². The number of carboxylic acid groups (broad SMARTS) is 1. The fraction of sp³-hybridized carbons (Fsp3) is 0.409. The van der Waals surface area contributed by atoms with Crippen molar-refractivity contribution in [2.75, 3.05) is 0 Å². The number of carbonyl (C=O) groups is 2. The Kier molecular flexibility index (Phi) is 5.77. The first-order valence-electron chi connectivity index (χ1n) is 9.63. The molecule has 3 rings (SSSR count). The number of nitrogens with one attached hydrogen (secondary N) is 1. The van der Waals surface area contributed by atoms with Crippen LogP contribution in [-0.4, -0.2) is 23.0 Å². The Morgan fingerprint density at radius 2 is 1.86 bits per heavy atom. The van der Waals surface area contributed by atoms with Crippen LogP contribution in [0.5, 0.6) is 0 Å². The maximum Gasteiger partial charge on any atom is 0.339 e. The van der Waals surface area contributed by atoms with E-state index in [1.807, 2.05) is 33.8 Å². The molecule has 0 bridgehead atoms. The van der Waals surface area contributed by atoms with Gasteiger partial charge in [-0.1, -0.05) is 13.8 Å². The molecule has 3 aromatic rings. The second-order valence-electron chi connectivity index (χ2n) is 7.84. The van der Waals surface area contributed by atoms with E-state index in [1.54, 1.807) is 12.3 Å². The fourth-order valence-electron chi connectivity index (χ4n) is 3.52. The highest BCUT2D eigenvalue weighted by atomic mass is 16.4. The molecule has 0 aliphatic carbocycles. The van der Waals surface area contributed by atoms with Gasteiger partial charge in [0.2, 0.25) is 5.91 Å². The van der Waals surface area contributed by atoms with E-state index in [2.05, 4.69) is 5.32 Å². The molecule has 2 N–H and O–H groups in total. The fourth-order valence-corrected chi connectivity index (χ4v) is 3.52. The van der Waals surface area contributed by atoms with Crippen molar-refractivity contribution in [2.45, 2.75) is 53.0 Å². The summed E-state index contributed by atoms with van der Waals surface area (Å²) in [6.45, 7) is 7.55. The summed E-state index contributed by atoms with van der Waals surface area (Å²) in [4.78, 5) is 36.0. The van der Waals surface area contributed by atoms with Crippen molar-refractivity contribution in [1.29, 1.82) is 0 Å². The molecule has 0 spiro atoms. The van der Waals surface area contributed by atoms with Gasteiger partial charge in [0.25, 0.3) is 0 Å². The number of amides is 1. The molecule has 0 aliphatic rings. The van der Waals surface area contributed by atoms with Gasteiger partial charge < -0.3 is 19.3 Å². The number of carbonyl (C=O) groups excluding carboxylic acids is 1. The van der Waals surface area contributed by atoms with Gasteiger partial charge in [-0.05, 0) is 49.8 Å². The van der Waals surface area contributed by atoms with E-state index in [-0.39, 0.29) is 18.8 Å². The van der Waals surface area contributed by atoms with Gasteiger partial charge in [0, 0.05) is 28.8 Å². The van der Waals surface area contributed by atoms with Crippen LogP contribution in [0.3, 0.4) is 0 Å². The minimum absolute atomic E-state index is 0.00592. The Morgan fingerprint density at radius 1 is 1.14 bits per heavy atom. The number of benzene rings is 1. The SMILES string of the molecule is Cc1coc2cc3oc(=O)c(CCC(=O)N[C@@H](CC(C)C)C(=O)O)c(C)c3cc12. The Balaban J connectivity index is 1.83. The van der Waals surface area contributed by atoms with E-state index in [4.69, 9.17) is 8.83 Å². The van der Waals surface area contributed by atoms with Crippen LogP contribution in [0.1, 0.15) is 43.4 Å². The number of hydrogen-bond acceptors (Lipinski definition) is 5. The second kappa shape index (κ2) is 8.11. The van der Waals surface area contributed by atoms with Crippen LogP contribution in [0.25, 0.3) is 21.9 Å². The van der Waals surface area contributed by atoms with Crippen LogP contribution in [0, 0.1) is 19.8 Å². The lowest BCUT2D eigenvalue weighted by Gasteiger charge is -2.16. The van der Waals surface area contributed by atoms with E-state index in [0.717, 1.165) is 21.9 Å². The standard InChI is InChI=1S/C22H25NO6/c1-11(2)7-17(21(25)26)23-20(24)6-5-14-13(4)16-8-15-12(3)10-28-18(15)9-19(16)29-22(14)27/h8-11,17H,5-7H2,1-4H3,(H,23,24)(H,25,26)/t17-/m0/s1. The summed E-state index contributed by atoms with van der Waals surface area (Å²) in [5.74, 6) is -1.33.